The number of nitrogens with one attached hydrogen (secondary N) is 1. The SMILES string of the molecule is CCOC(C)(C)c1nc(C2COCCN2)cs1. The predicted octanol–water partition coefficient (Wildman–Crippen LogP) is 2.08. The van der Waals surface area contributed by atoms with Gasteiger partial charge in [0.2, 0.25) is 0 Å². The molecule has 1 aliphatic rings. The number of nitrogens with zero attached hydrogens (tertiary/aromatic N) is 1. The minimum Gasteiger partial charge on any atom is -0.378 e. The lowest BCUT2D eigenvalue weighted by Gasteiger charge is -2.23. The van der Waals surface area contributed by atoms with Crippen molar-refractivity contribution in [2.75, 3.05) is 26.4 Å². The van der Waals surface area contributed by atoms with Crippen molar-refractivity contribution < 1.29 is 9.47 Å². The summed E-state index contributed by atoms with van der Waals surface area (Å²) < 4.78 is 11.2. The number of hydrogen-bond donors (Lipinski definition) is 1. The van der Waals surface area contributed by atoms with Gasteiger partial charge in [-0.15, -0.1) is 11.3 Å². The Hall–Kier alpha value is -0.490. The molecule has 0 spiro atoms. The van der Waals surface area contributed by atoms with Gasteiger partial charge in [0.1, 0.15) is 10.6 Å². The molecular weight excluding hydrogens is 236 g/mol. The summed E-state index contributed by atoms with van der Waals surface area (Å²) in [5.74, 6) is 0. The Bertz CT molecular complexity index is 359. The Labute approximate surface area is 106 Å². The first kappa shape index (κ1) is 13.0. The van der Waals surface area contributed by atoms with Crippen molar-refractivity contribution in [2.45, 2.75) is 32.4 Å². The molecule has 2 heterocycles. The summed E-state index contributed by atoms with van der Waals surface area (Å²) in [5, 5.41) is 6.54. The van der Waals surface area contributed by atoms with E-state index in [9.17, 15) is 0 Å². The van der Waals surface area contributed by atoms with Gasteiger partial charge in [0.05, 0.1) is 24.9 Å². The monoisotopic (exact) mass is 256 g/mol. The molecule has 4 nitrogen and oxygen atoms in total. The summed E-state index contributed by atoms with van der Waals surface area (Å²) in [5.41, 5.74) is 0.769. The summed E-state index contributed by atoms with van der Waals surface area (Å²) in [6.45, 7) is 9.22. The highest BCUT2D eigenvalue weighted by Crippen LogP contribution is 2.29. The lowest BCUT2D eigenvalue weighted by atomic mass is 10.1. The molecule has 1 aliphatic heterocycles. The second-order valence-electron chi connectivity index (χ2n) is 4.60. The van der Waals surface area contributed by atoms with Gasteiger partial charge in [0.25, 0.3) is 0 Å². The van der Waals surface area contributed by atoms with Crippen LogP contribution in [0.3, 0.4) is 0 Å². The fourth-order valence-electron chi connectivity index (χ4n) is 1.90. The molecule has 0 saturated carbocycles. The standard InChI is InChI=1S/C12H20N2O2S/c1-4-16-12(2,3)11-14-10(8-17-11)9-7-15-6-5-13-9/h8-9,13H,4-7H2,1-3H3. The van der Waals surface area contributed by atoms with Gasteiger partial charge in [-0.05, 0) is 20.8 Å². The first-order valence-electron chi connectivity index (χ1n) is 6.04. The van der Waals surface area contributed by atoms with Crippen LogP contribution in [0.4, 0.5) is 0 Å². The summed E-state index contributed by atoms with van der Waals surface area (Å²) in [4.78, 5) is 4.68. The second-order valence-corrected chi connectivity index (χ2v) is 5.46. The topological polar surface area (TPSA) is 43.4 Å². The van der Waals surface area contributed by atoms with E-state index >= 15 is 0 Å². The van der Waals surface area contributed by atoms with E-state index in [1.54, 1.807) is 11.3 Å². The Kier molecular flexibility index (Phi) is 4.14. The van der Waals surface area contributed by atoms with Crippen molar-refractivity contribution in [1.82, 2.24) is 10.3 Å². The normalized spacial score (nSPS) is 21.7. The average Bonchev–Trinajstić information content (AvgIpc) is 2.80. The number of rotatable bonds is 4. The number of aromatic nitrogens is 1. The molecular formula is C12H20N2O2S. The van der Waals surface area contributed by atoms with Crippen LogP contribution in [0.5, 0.6) is 0 Å². The molecule has 0 amide bonds. The van der Waals surface area contributed by atoms with Crippen molar-refractivity contribution in [2.24, 2.45) is 0 Å². The smallest absolute Gasteiger partial charge is 0.124 e. The highest BCUT2D eigenvalue weighted by Gasteiger charge is 2.26. The molecule has 1 aromatic rings. The third-order valence-corrected chi connectivity index (χ3v) is 3.99. The van der Waals surface area contributed by atoms with Gasteiger partial charge in [0.15, 0.2) is 0 Å². The fourth-order valence-corrected chi connectivity index (χ4v) is 2.85. The van der Waals surface area contributed by atoms with Gasteiger partial charge in [-0.25, -0.2) is 4.98 Å². The summed E-state index contributed by atoms with van der Waals surface area (Å²) in [7, 11) is 0. The highest BCUT2D eigenvalue weighted by atomic mass is 32.1. The molecule has 1 fully saturated rings. The number of ether oxygens (including phenoxy) is 2. The third kappa shape index (κ3) is 3.04. The number of thiazole rings is 1. The molecule has 0 bridgehead atoms. The fraction of sp³-hybridized carbons (Fsp3) is 0.750. The van der Waals surface area contributed by atoms with Crippen LogP contribution in [0, 0.1) is 0 Å². The quantitative estimate of drug-likeness (QED) is 0.895. The molecule has 1 atom stereocenters. The Morgan fingerprint density at radius 2 is 2.47 bits per heavy atom. The van der Waals surface area contributed by atoms with Crippen LogP contribution in [0.25, 0.3) is 0 Å². The first-order valence-corrected chi connectivity index (χ1v) is 6.92. The lowest BCUT2D eigenvalue weighted by Crippen LogP contribution is -2.34. The first-order chi connectivity index (χ1) is 8.13. The summed E-state index contributed by atoms with van der Waals surface area (Å²) >= 11 is 1.66. The minimum absolute atomic E-state index is 0.228. The molecule has 0 aliphatic carbocycles. The molecule has 0 radical (unpaired) electrons. The molecule has 1 unspecified atom stereocenters. The van der Waals surface area contributed by atoms with Crippen molar-refractivity contribution in [3.63, 3.8) is 0 Å². The van der Waals surface area contributed by atoms with Crippen molar-refractivity contribution >= 4 is 11.3 Å². The van der Waals surface area contributed by atoms with E-state index in [1.807, 2.05) is 6.92 Å². The van der Waals surface area contributed by atoms with Gasteiger partial charge in [-0.1, -0.05) is 0 Å². The maximum Gasteiger partial charge on any atom is 0.124 e. The average molecular weight is 256 g/mol. The van der Waals surface area contributed by atoms with Crippen LogP contribution in [0.15, 0.2) is 5.38 Å². The molecule has 0 aromatic carbocycles. The predicted molar refractivity (Wildman–Crippen MR) is 68.3 cm³/mol. The maximum absolute atomic E-state index is 5.71. The molecule has 96 valence electrons. The van der Waals surface area contributed by atoms with E-state index in [0.29, 0.717) is 13.2 Å². The van der Waals surface area contributed by atoms with Crippen molar-refractivity contribution in [1.29, 1.82) is 0 Å². The van der Waals surface area contributed by atoms with E-state index < -0.39 is 0 Å². The van der Waals surface area contributed by atoms with Crippen LogP contribution in [-0.2, 0) is 15.1 Å². The van der Waals surface area contributed by atoms with E-state index in [1.165, 1.54) is 0 Å². The van der Waals surface area contributed by atoms with E-state index in [4.69, 9.17) is 9.47 Å². The second kappa shape index (κ2) is 5.44. The molecule has 1 saturated heterocycles. The van der Waals surface area contributed by atoms with Crippen LogP contribution >= 0.6 is 11.3 Å². The summed E-state index contributed by atoms with van der Waals surface area (Å²) in [6, 6.07) is 0.228. The molecule has 2 rings (SSSR count). The van der Waals surface area contributed by atoms with Crippen LogP contribution in [-0.4, -0.2) is 31.3 Å². The Morgan fingerprint density at radius 1 is 1.65 bits per heavy atom. The van der Waals surface area contributed by atoms with Gasteiger partial charge >= 0.3 is 0 Å². The molecule has 5 heteroatoms. The zero-order valence-electron chi connectivity index (χ0n) is 10.7. The zero-order chi connectivity index (χ0) is 12.3. The van der Waals surface area contributed by atoms with E-state index in [-0.39, 0.29) is 11.6 Å². The Balaban J connectivity index is 2.09. The summed E-state index contributed by atoms with van der Waals surface area (Å²) in [6.07, 6.45) is 0. The lowest BCUT2D eigenvalue weighted by molar-refractivity contribution is -0.0144. The third-order valence-electron chi connectivity index (χ3n) is 2.82. The molecule has 17 heavy (non-hydrogen) atoms. The van der Waals surface area contributed by atoms with Crippen molar-refractivity contribution in [3.8, 4) is 0 Å². The molecule has 1 N–H and O–H groups in total. The van der Waals surface area contributed by atoms with E-state index in [0.717, 1.165) is 23.9 Å². The maximum atomic E-state index is 5.71. The van der Waals surface area contributed by atoms with Crippen LogP contribution in [0.2, 0.25) is 0 Å². The van der Waals surface area contributed by atoms with Crippen molar-refractivity contribution in [3.05, 3.63) is 16.1 Å². The van der Waals surface area contributed by atoms with E-state index in [2.05, 4.69) is 29.5 Å². The Morgan fingerprint density at radius 3 is 3.12 bits per heavy atom. The van der Waals surface area contributed by atoms with Gasteiger partial charge in [0, 0.05) is 18.5 Å². The number of hydrogen-bond acceptors (Lipinski definition) is 5. The van der Waals surface area contributed by atoms with Gasteiger partial charge in [-0.2, -0.15) is 0 Å². The largest absolute Gasteiger partial charge is 0.378 e. The minimum atomic E-state index is -0.298. The zero-order valence-corrected chi connectivity index (χ0v) is 11.5. The van der Waals surface area contributed by atoms with Crippen LogP contribution < -0.4 is 5.32 Å². The highest BCUT2D eigenvalue weighted by molar-refractivity contribution is 7.09. The molecule has 1 aromatic heterocycles. The van der Waals surface area contributed by atoms with Crippen LogP contribution in [0.1, 0.15) is 37.5 Å². The van der Waals surface area contributed by atoms with Gasteiger partial charge < -0.3 is 14.8 Å². The van der Waals surface area contributed by atoms with Gasteiger partial charge in [-0.3, -0.25) is 0 Å². The number of morpholine rings is 1.